The van der Waals surface area contributed by atoms with Gasteiger partial charge in [0.1, 0.15) is 23.4 Å². The van der Waals surface area contributed by atoms with E-state index in [9.17, 15) is 28.7 Å². The average Bonchev–Trinajstić information content (AvgIpc) is 2.75. The molecular formula is C21H22F2N6O3. The average molecular weight is 444 g/mol. The van der Waals surface area contributed by atoms with Crippen molar-refractivity contribution in [2.75, 3.05) is 28.6 Å². The molecule has 32 heavy (non-hydrogen) atoms. The van der Waals surface area contributed by atoms with Gasteiger partial charge in [0.2, 0.25) is 0 Å². The number of fused-ring (bicyclic) bond motifs is 1. The number of amides is 2. The topological polar surface area (TPSA) is 131 Å². The van der Waals surface area contributed by atoms with Gasteiger partial charge < -0.3 is 10.4 Å². The van der Waals surface area contributed by atoms with Gasteiger partial charge in [0.25, 0.3) is 6.43 Å². The third-order valence-corrected chi connectivity index (χ3v) is 4.79. The fourth-order valence-electron chi connectivity index (χ4n) is 3.24. The van der Waals surface area contributed by atoms with E-state index >= 15 is 0 Å². The lowest BCUT2D eigenvalue weighted by Crippen LogP contribution is -2.40. The maximum atomic E-state index is 13.2. The highest BCUT2D eigenvalue weighted by Crippen LogP contribution is 2.31. The minimum absolute atomic E-state index is 0.138. The molecular weight excluding hydrogens is 422 g/mol. The molecule has 0 spiro atoms. The van der Waals surface area contributed by atoms with E-state index in [-0.39, 0.29) is 36.6 Å². The van der Waals surface area contributed by atoms with Gasteiger partial charge in [-0.15, -0.1) is 0 Å². The first-order valence-electron chi connectivity index (χ1n) is 9.85. The van der Waals surface area contributed by atoms with Crippen LogP contribution in [0.25, 0.3) is 0 Å². The molecule has 0 unspecified atom stereocenters. The molecule has 0 bridgehead atoms. The van der Waals surface area contributed by atoms with Crippen LogP contribution in [0.15, 0.2) is 18.3 Å². The second-order valence-corrected chi connectivity index (χ2v) is 7.94. The predicted octanol–water partition coefficient (Wildman–Crippen LogP) is 3.27. The number of pyridine rings is 2. The zero-order valence-corrected chi connectivity index (χ0v) is 17.5. The first-order chi connectivity index (χ1) is 15.1. The van der Waals surface area contributed by atoms with Crippen molar-refractivity contribution in [3.8, 4) is 6.07 Å². The number of nitriles is 1. The molecule has 3 rings (SSSR count). The van der Waals surface area contributed by atoms with Gasteiger partial charge in [-0.05, 0) is 38.3 Å². The molecule has 0 saturated heterocycles. The van der Waals surface area contributed by atoms with Crippen LogP contribution in [0, 0.1) is 11.3 Å². The molecule has 3 heterocycles. The van der Waals surface area contributed by atoms with E-state index in [0.29, 0.717) is 24.1 Å². The van der Waals surface area contributed by atoms with Crippen molar-refractivity contribution >= 4 is 29.6 Å². The normalized spacial score (nSPS) is 13.3. The molecule has 11 heteroatoms. The van der Waals surface area contributed by atoms with Crippen molar-refractivity contribution < 1.29 is 23.5 Å². The number of carbonyl (C=O) groups is 2. The molecule has 3 N–H and O–H groups in total. The molecule has 0 aromatic carbocycles. The van der Waals surface area contributed by atoms with Gasteiger partial charge in [-0.1, -0.05) is 0 Å². The number of carbonyl (C=O) groups excluding carboxylic acids is 2. The number of hydrogen-bond donors (Lipinski definition) is 3. The first-order valence-corrected chi connectivity index (χ1v) is 9.85. The molecule has 2 aromatic heterocycles. The van der Waals surface area contributed by atoms with Crippen LogP contribution < -0.4 is 15.5 Å². The first kappa shape index (κ1) is 23.0. The number of halogens is 2. The number of rotatable bonds is 6. The zero-order chi connectivity index (χ0) is 23.5. The molecule has 1 aliphatic rings. The summed E-state index contributed by atoms with van der Waals surface area (Å²) >= 11 is 0. The minimum Gasteiger partial charge on any atom is -0.389 e. The highest BCUT2D eigenvalue weighted by Gasteiger charge is 2.28. The Balaban J connectivity index is 1.86. The second-order valence-electron chi connectivity index (χ2n) is 7.94. The summed E-state index contributed by atoms with van der Waals surface area (Å²) < 4.78 is 26.4. The standard InChI is InChI=1S/C21H22F2N6O3/c1-21(2,32)11-26-15-7-17(25-9-13(15)8-24)28-20(31)29-5-3-4-12-6-14(18(22)23)16(10-30)27-19(12)29/h6-7,9-10,18,32H,3-5,11H2,1-2H3,(H2,25,26,28,31). The molecule has 0 radical (unpaired) electrons. The van der Waals surface area contributed by atoms with Crippen LogP contribution >= 0.6 is 0 Å². The van der Waals surface area contributed by atoms with Crippen LogP contribution in [0.5, 0.6) is 0 Å². The fraction of sp³-hybridized carbons (Fsp3) is 0.381. The Hall–Kier alpha value is -3.65. The fourth-order valence-corrected chi connectivity index (χ4v) is 3.24. The number of alkyl halides is 2. The lowest BCUT2D eigenvalue weighted by molar-refractivity contribution is 0.0945. The Kier molecular flexibility index (Phi) is 6.64. The van der Waals surface area contributed by atoms with E-state index in [1.165, 1.54) is 23.2 Å². The van der Waals surface area contributed by atoms with Crippen LogP contribution in [0.2, 0.25) is 0 Å². The van der Waals surface area contributed by atoms with E-state index in [0.717, 1.165) is 0 Å². The lowest BCUT2D eigenvalue weighted by Gasteiger charge is -2.29. The van der Waals surface area contributed by atoms with E-state index in [2.05, 4.69) is 20.6 Å². The Morgan fingerprint density at radius 1 is 1.44 bits per heavy atom. The van der Waals surface area contributed by atoms with Gasteiger partial charge in [0.05, 0.1) is 16.9 Å². The Bertz CT molecular complexity index is 1080. The van der Waals surface area contributed by atoms with Crippen molar-refractivity contribution in [2.45, 2.75) is 38.7 Å². The molecule has 9 nitrogen and oxygen atoms in total. The van der Waals surface area contributed by atoms with Crippen molar-refractivity contribution in [3.05, 3.63) is 40.7 Å². The summed E-state index contributed by atoms with van der Waals surface area (Å²) in [6.45, 7) is 3.63. The number of nitrogens with one attached hydrogen (secondary N) is 2. The van der Waals surface area contributed by atoms with Crippen molar-refractivity contribution in [1.29, 1.82) is 5.26 Å². The maximum absolute atomic E-state index is 13.2. The Labute approximate surface area is 183 Å². The number of aryl methyl sites for hydroxylation is 1. The molecule has 1 aliphatic heterocycles. The van der Waals surface area contributed by atoms with E-state index < -0.39 is 29.3 Å². The second kappa shape index (κ2) is 9.23. The molecule has 0 saturated carbocycles. The number of nitrogens with zero attached hydrogens (tertiary/aromatic N) is 4. The monoisotopic (exact) mass is 444 g/mol. The molecule has 2 amide bonds. The van der Waals surface area contributed by atoms with Crippen molar-refractivity contribution in [3.63, 3.8) is 0 Å². The molecule has 0 atom stereocenters. The van der Waals surface area contributed by atoms with Crippen LogP contribution in [0.4, 0.5) is 30.9 Å². The number of aliphatic hydroxyl groups is 1. The molecule has 0 aliphatic carbocycles. The van der Waals surface area contributed by atoms with Gasteiger partial charge in [-0.25, -0.2) is 23.5 Å². The number of aldehydes is 1. The third kappa shape index (κ3) is 5.15. The highest BCUT2D eigenvalue weighted by molar-refractivity contribution is 6.01. The summed E-state index contributed by atoms with van der Waals surface area (Å²) in [6.07, 6.45) is -0.343. The predicted molar refractivity (Wildman–Crippen MR) is 113 cm³/mol. The summed E-state index contributed by atoms with van der Waals surface area (Å²) in [4.78, 5) is 33.5. The van der Waals surface area contributed by atoms with Gasteiger partial charge in [-0.2, -0.15) is 5.26 Å². The maximum Gasteiger partial charge on any atom is 0.328 e. The van der Waals surface area contributed by atoms with E-state index in [1.54, 1.807) is 13.8 Å². The van der Waals surface area contributed by atoms with Crippen molar-refractivity contribution in [2.24, 2.45) is 0 Å². The number of hydrogen-bond acceptors (Lipinski definition) is 7. The summed E-state index contributed by atoms with van der Waals surface area (Å²) in [6, 6.07) is 4.05. The zero-order valence-electron chi connectivity index (χ0n) is 17.5. The largest absolute Gasteiger partial charge is 0.389 e. The van der Waals surface area contributed by atoms with Gasteiger partial charge in [-0.3, -0.25) is 15.0 Å². The summed E-state index contributed by atoms with van der Waals surface area (Å²) in [5, 5.41) is 24.7. The van der Waals surface area contributed by atoms with Gasteiger partial charge >= 0.3 is 6.03 Å². The van der Waals surface area contributed by atoms with Crippen LogP contribution in [0.1, 0.15) is 53.9 Å². The van der Waals surface area contributed by atoms with E-state index in [1.807, 2.05) is 6.07 Å². The van der Waals surface area contributed by atoms with Crippen molar-refractivity contribution in [1.82, 2.24) is 9.97 Å². The van der Waals surface area contributed by atoms with Crippen LogP contribution in [-0.2, 0) is 6.42 Å². The number of anilines is 3. The van der Waals surface area contributed by atoms with Crippen LogP contribution in [-0.4, -0.2) is 46.1 Å². The van der Waals surface area contributed by atoms with Gasteiger partial charge in [0.15, 0.2) is 6.29 Å². The number of urea groups is 1. The molecule has 0 fully saturated rings. The quantitative estimate of drug-likeness (QED) is 0.583. The molecule has 2 aromatic rings. The number of aromatic nitrogens is 2. The molecule has 168 valence electrons. The van der Waals surface area contributed by atoms with E-state index in [4.69, 9.17) is 0 Å². The smallest absolute Gasteiger partial charge is 0.328 e. The Morgan fingerprint density at radius 2 is 2.19 bits per heavy atom. The Morgan fingerprint density at radius 3 is 2.81 bits per heavy atom. The highest BCUT2D eigenvalue weighted by atomic mass is 19.3. The van der Waals surface area contributed by atoms with Crippen LogP contribution in [0.3, 0.4) is 0 Å². The third-order valence-electron chi connectivity index (χ3n) is 4.79. The SMILES string of the molecule is CC(C)(O)CNc1cc(NC(=O)N2CCCc3cc(C(F)F)c(C=O)nc32)ncc1C#N. The lowest BCUT2D eigenvalue weighted by atomic mass is 10.0. The minimum atomic E-state index is -2.85. The summed E-state index contributed by atoms with van der Waals surface area (Å²) in [5.74, 6) is 0.286. The van der Waals surface area contributed by atoms with Gasteiger partial charge in [0, 0.05) is 30.9 Å². The summed E-state index contributed by atoms with van der Waals surface area (Å²) in [7, 11) is 0. The summed E-state index contributed by atoms with van der Waals surface area (Å²) in [5.41, 5.74) is -0.845.